The average molecular weight is 297 g/mol. The molecule has 2 rings (SSSR count). The molecular weight excluding hydrogens is 276 g/mol. The summed E-state index contributed by atoms with van der Waals surface area (Å²) in [6.07, 6.45) is 0.508. The number of carbonyl (C=O) groups excluding carboxylic acids is 1. The highest BCUT2D eigenvalue weighted by Crippen LogP contribution is 2.23. The van der Waals surface area contributed by atoms with Gasteiger partial charge in [-0.15, -0.1) is 0 Å². The number of nitrogens with zero attached hydrogens (tertiary/aromatic N) is 1. The molecule has 1 aromatic carbocycles. The summed E-state index contributed by atoms with van der Waals surface area (Å²) < 4.78 is 5.37. The van der Waals surface area contributed by atoms with Gasteiger partial charge in [-0.2, -0.15) is 0 Å². The summed E-state index contributed by atoms with van der Waals surface area (Å²) >= 11 is 6.16. The van der Waals surface area contributed by atoms with Gasteiger partial charge in [0.2, 0.25) is 0 Å². The third-order valence-corrected chi connectivity index (χ3v) is 3.73. The van der Waals surface area contributed by atoms with E-state index < -0.39 is 0 Å². The van der Waals surface area contributed by atoms with Crippen LogP contribution in [-0.2, 0) is 0 Å². The van der Waals surface area contributed by atoms with Crippen LogP contribution in [0.25, 0.3) is 0 Å². The number of carbonyl (C=O) groups is 1. The molecule has 0 aromatic heterocycles. The molecule has 20 heavy (non-hydrogen) atoms. The zero-order chi connectivity index (χ0) is 14.4. The van der Waals surface area contributed by atoms with Crippen molar-refractivity contribution in [3.05, 3.63) is 28.8 Å². The number of nitrogens with one attached hydrogen (secondary N) is 1. The zero-order valence-corrected chi connectivity index (χ0v) is 12.6. The standard InChI is InChI=1S/C15H21ClN2O2/c1-2-20-12-3-4-13(14(16)11-12)15(19)5-8-18-9-6-17-7-10-18/h3-4,11,17H,2,5-10H2,1H3. The van der Waals surface area contributed by atoms with Crippen molar-refractivity contribution in [1.82, 2.24) is 10.2 Å². The van der Waals surface area contributed by atoms with Crippen molar-refractivity contribution >= 4 is 17.4 Å². The molecule has 1 fully saturated rings. The van der Waals surface area contributed by atoms with Gasteiger partial charge in [0.15, 0.2) is 5.78 Å². The predicted molar refractivity (Wildman–Crippen MR) is 80.9 cm³/mol. The smallest absolute Gasteiger partial charge is 0.165 e. The minimum absolute atomic E-state index is 0.0941. The number of halogens is 1. The molecule has 0 spiro atoms. The van der Waals surface area contributed by atoms with E-state index in [4.69, 9.17) is 16.3 Å². The van der Waals surface area contributed by atoms with Crippen molar-refractivity contribution in [1.29, 1.82) is 0 Å². The first-order valence-corrected chi connectivity index (χ1v) is 7.47. The Bertz CT molecular complexity index is 459. The fourth-order valence-corrected chi connectivity index (χ4v) is 2.58. The molecule has 4 nitrogen and oxygen atoms in total. The number of ketones is 1. The lowest BCUT2D eigenvalue weighted by Crippen LogP contribution is -2.44. The van der Waals surface area contributed by atoms with Gasteiger partial charge in [0, 0.05) is 44.7 Å². The molecular formula is C15H21ClN2O2. The molecule has 0 atom stereocenters. The number of ether oxygens (including phenoxy) is 1. The highest BCUT2D eigenvalue weighted by molar-refractivity contribution is 6.34. The monoisotopic (exact) mass is 296 g/mol. The van der Waals surface area contributed by atoms with Crippen LogP contribution in [0, 0.1) is 0 Å². The van der Waals surface area contributed by atoms with Crippen LogP contribution in [0.1, 0.15) is 23.7 Å². The van der Waals surface area contributed by atoms with Gasteiger partial charge in [-0.3, -0.25) is 4.79 Å². The van der Waals surface area contributed by atoms with E-state index in [2.05, 4.69) is 10.2 Å². The summed E-state index contributed by atoms with van der Waals surface area (Å²) in [5.74, 6) is 0.799. The average Bonchev–Trinajstić information content (AvgIpc) is 2.46. The highest BCUT2D eigenvalue weighted by Gasteiger charge is 2.15. The molecule has 1 aliphatic heterocycles. The van der Waals surface area contributed by atoms with E-state index in [9.17, 15) is 4.79 Å². The van der Waals surface area contributed by atoms with Crippen LogP contribution in [0.2, 0.25) is 5.02 Å². The van der Waals surface area contributed by atoms with Crippen molar-refractivity contribution in [3.63, 3.8) is 0 Å². The maximum atomic E-state index is 12.2. The summed E-state index contributed by atoms with van der Waals surface area (Å²) in [5.41, 5.74) is 0.588. The second kappa shape index (κ2) is 7.62. The van der Waals surface area contributed by atoms with Crippen LogP contribution >= 0.6 is 11.6 Å². The zero-order valence-electron chi connectivity index (χ0n) is 11.8. The molecule has 0 aliphatic carbocycles. The van der Waals surface area contributed by atoms with Crippen LogP contribution < -0.4 is 10.1 Å². The van der Waals surface area contributed by atoms with Crippen molar-refractivity contribution in [2.24, 2.45) is 0 Å². The second-order valence-electron chi connectivity index (χ2n) is 4.84. The van der Waals surface area contributed by atoms with Gasteiger partial charge in [-0.05, 0) is 25.1 Å². The summed E-state index contributed by atoms with van der Waals surface area (Å²) in [5, 5.41) is 3.77. The summed E-state index contributed by atoms with van der Waals surface area (Å²) in [4.78, 5) is 14.5. The van der Waals surface area contributed by atoms with Crippen LogP contribution in [-0.4, -0.2) is 50.0 Å². The third kappa shape index (κ3) is 4.20. The van der Waals surface area contributed by atoms with Crippen LogP contribution in [0.4, 0.5) is 0 Å². The first kappa shape index (κ1) is 15.3. The number of Topliss-reactive ketones (excluding diaryl/α,β-unsaturated/α-hetero) is 1. The van der Waals surface area contributed by atoms with E-state index in [1.54, 1.807) is 18.2 Å². The number of hydrogen-bond acceptors (Lipinski definition) is 4. The van der Waals surface area contributed by atoms with Gasteiger partial charge in [0.25, 0.3) is 0 Å². The van der Waals surface area contributed by atoms with Crippen LogP contribution in [0.15, 0.2) is 18.2 Å². The fraction of sp³-hybridized carbons (Fsp3) is 0.533. The summed E-state index contributed by atoms with van der Waals surface area (Å²) in [6, 6.07) is 5.27. The number of hydrogen-bond donors (Lipinski definition) is 1. The Morgan fingerprint density at radius 1 is 1.40 bits per heavy atom. The van der Waals surface area contributed by atoms with Gasteiger partial charge in [0.1, 0.15) is 5.75 Å². The Balaban J connectivity index is 1.91. The van der Waals surface area contributed by atoms with E-state index in [-0.39, 0.29) is 5.78 Å². The summed E-state index contributed by atoms with van der Waals surface area (Å²) in [7, 11) is 0. The molecule has 0 saturated carbocycles. The van der Waals surface area contributed by atoms with Crippen molar-refractivity contribution in [2.75, 3.05) is 39.3 Å². The quantitative estimate of drug-likeness (QED) is 0.817. The van der Waals surface area contributed by atoms with E-state index in [1.807, 2.05) is 6.92 Å². The predicted octanol–water partition coefficient (Wildman–Crippen LogP) is 2.22. The minimum atomic E-state index is 0.0941. The summed E-state index contributed by atoms with van der Waals surface area (Å²) in [6.45, 7) is 7.31. The lowest BCUT2D eigenvalue weighted by Gasteiger charge is -2.26. The molecule has 1 N–H and O–H groups in total. The molecule has 1 saturated heterocycles. The topological polar surface area (TPSA) is 41.6 Å². The molecule has 0 amide bonds. The fourth-order valence-electron chi connectivity index (χ4n) is 2.31. The first-order valence-electron chi connectivity index (χ1n) is 7.09. The Morgan fingerprint density at radius 2 is 2.15 bits per heavy atom. The second-order valence-corrected chi connectivity index (χ2v) is 5.25. The van der Waals surface area contributed by atoms with Gasteiger partial charge < -0.3 is 15.0 Å². The maximum absolute atomic E-state index is 12.2. The molecule has 1 aromatic rings. The Morgan fingerprint density at radius 3 is 2.80 bits per heavy atom. The Kier molecular flexibility index (Phi) is 5.83. The Labute approximate surface area is 125 Å². The van der Waals surface area contributed by atoms with Crippen LogP contribution in [0.5, 0.6) is 5.75 Å². The Hall–Kier alpha value is -1.10. The molecule has 0 radical (unpaired) electrons. The third-order valence-electron chi connectivity index (χ3n) is 3.42. The highest BCUT2D eigenvalue weighted by atomic mass is 35.5. The maximum Gasteiger partial charge on any atom is 0.165 e. The van der Waals surface area contributed by atoms with Gasteiger partial charge in [0.05, 0.1) is 11.6 Å². The molecule has 110 valence electrons. The lowest BCUT2D eigenvalue weighted by molar-refractivity contribution is 0.0961. The normalized spacial score (nSPS) is 16.1. The van der Waals surface area contributed by atoms with Gasteiger partial charge >= 0.3 is 0 Å². The first-order chi connectivity index (χ1) is 9.70. The van der Waals surface area contributed by atoms with Crippen molar-refractivity contribution < 1.29 is 9.53 Å². The van der Waals surface area contributed by atoms with Crippen LogP contribution in [0.3, 0.4) is 0 Å². The lowest BCUT2D eigenvalue weighted by atomic mass is 10.1. The largest absolute Gasteiger partial charge is 0.494 e. The molecule has 0 bridgehead atoms. The minimum Gasteiger partial charge on any atom is -0.494 e. The molecule has 0 unspecified atom stereocenters. The van der Waals surface area contributed by atoms with Crippen molar-refractivity contribution in [3.8, 4) is 5.75 Å². The number of rotatable bonds is 6. The van der Waals surface area contributed by atoms with Crippen molar-refractivity contribution in [2.45, 2.75) is 13.3 Å². The number of piperazine rings is 1. The molecule has 1 heterocycles. The molecule has 5 heteroatoms. The van der Waals surface area contributed by atoms with Gasteiger partial charge in [-0.25, -0.2) is 0 Å². The SMILES string of the molecule is CCOc1ccc(C(=O)CCN2CCNCC2)c(Cl)c1. The molecule has 1 aliphatic rings. The van der Waals surface area contributed by atoms with E-state index in [0.717, 1.165) is 32.7 Å². The van der Waals surface area contributed by atoms with Gasteiger partial charge in [-0.1, -0.05) is 11.6 Å². The van der Waals surface area contributed by atoms with E-state index >= 15 is 0 Å². The van der Waals surface area contributed by atoms with E-state index in [1.165, 1.54) is 0 Å². The van der Waals surface area contributed by atoms with E-state index in [0.29, 0.717) is 29.4 Å². The number of benzene rings is 1.